The highest BCUT2D eigenvalue weighted by Gasteiger charge is 2.00. The minimum absolute atomic E-state index is 0.702. The molecule has 1 aromatic heterocycles. The van der Waals surface area contributed by atoms with Gasteiger partial charge in [0.2, 0.25) is 0 Å². The third kappa shape index (κ3) is 6.38. The largest absolute Gasteiger partial charge is 0.380 e. The number of hydrogen-bond acceptors (Lipinski definition) is 4. The fourth-order valence-electron chi connectivity index (χ4n) is 1.36. The van der Waals surface area contributed by atoms with Crippen LogP contribution in [0.3, 0.4) is 0 Å². The molecule has 1 rings (SSSR count). The molecule has 5 nitrogen and oxygen atoms in total. The molecule has 0 amide bonds. The Labute approximate surface area is 104 Å². The first-order valence-corrected chi connectivity index (χ1v) is 6.39. The molecule has 0 spiro atoms. The summed E-state index contributed by atoms with van der Waals surface area (Å²) in [5, 5.41) is 11.3. The van der Waals surface area contributed by atoms with Crippen LogP contribution in [0.5, 0.6) is 0 Å². The molecular formula is C12H24N4O. The minimum atomic E-state index is 0.702. The fraction of sp³-hybridized carbons (Fsp3) is 0.833. The zero-order chi connectivity index (χ0) is 12.5. The molecular weight excluding hydrogens is 216 g/mol. The second kappa shape index (κ2) is 8.20. The lowest BCUT2D eigenvalue weighted by Crippen LogP contribution is -2.12. The molecule has 0 fully saturated rings. The van der Waals surface area contributed by atoms with E-state index < -0.39 is 0 Å². The standard InChI is InChI=1S/C12H24N4O/c1-4-13-9-12-10-16(15-14-12)6-8-17-7-5-11(2)3/h10-11,13H,4-9H2,1-3H3. The van der Waals surface area contributed by atoms with Crippen molar-refractivity contribution in [3.63, 3.8) is 0 Å². The molecule has 1 aromatic rings. The normalized spacial score (nSPS) is 11.3. The average Bonchev–Trinajstić information content (AvgIpc) is 2.73. The van der Waals surface area contributed by atoms with Crippen LogP contribution >= 0.6 is 0 Å². The Morgan fingerprint density at radius 2 is 2.24 bits per heavy atom. The van der Waals surface area contributed by atoms with Crippen LogP contribution in [0, 0.1) is 5.92 Å². The molecule has 0 radical (unpaired) electrons. The average molecular weight is 240 g/mol. The van der Waals surface area contributed by atoms with Gasteiger partial charge in [0.1, 0.15) is 0 Å². The summed E-state index contributed by atoms with van der Waals surface area (Å²) >= 11 is 0. The molecule has 0 unspecified atom stereocenters. The highest BCUT2D eigenvalue weighted by molar-refractivity contribution is 4.91. The SMILES string of the molecule is CCNCc1cn(CCOCCC(C)C)nn1. The van der Waals surface area contributed by atoms with E-state index in [-0.39, 0.29) is 0 Å². The maximum absolute atomic E-state index is 5.53. The Bertz CT molecular complexity index is 298. The van der Waals surface area contributed by atoms with Crippen molar-refractivity contribution in [2.75, 3.05) is 19.8 Å². The molecule has 0 bridgehead atoms. The van der Waals surface area contributed by atoms with Gasteiger partial charge >= 0.3 is 0 Å². The van der Waals surface area contributed by atoms with Gasteiger partial charge in [-0.2, -0.15) is 0 Å². The van der Waals surface area contributed by atoms with Crippen LogP contribution in [0.2, 0.25) is 0 Å². The lowest BCUT2D eigenvalue weighted by Gasteiger charge is -2.05. The monoisotopic (exact) mass is 240 g/mol. The first-order valence-electron chi connectivity index (χ1n) is 6.39. The third-order valence-electron chi connectivity index (χ3n) is 2.45. The zero-order valence-corrected chi connectivity index (χ0v) is 11.1. The molecule has 1 N–H and O–H groups in total. The zero-order valence-electron chi connectivity index (χ0n) is 11.1. The number of nitrogens with one attached hydrogen (secondary N) is 1. The predicted molar refractivity (Wildman–Crippen MR) is 67.7 cm³/mol. The summed E-state index contributed by atoms with van der Waals surface area (Å²) < 4.78 is 7.37. The number of rotatable bonds is 9. The van der Waals surface area contributed by atoms with Crippen molar-refractivity contribution < 1.29 is 4.74 Å². The quantitative estimate of drug-likeness (QED) is 0.664. The first kappa shape index (κ1) is 14.1. The summed E-state index contributed by atoms with van der Waals surface area (Å²) in [5.41, 5.74) is 0.981. The van der Waals surface area contributed by atoms with Gasteiger partial charge in [0.15, 0.2) is 0 Å². The fourth-order valence-corrected chi connectivity index (χ4v) is 1.36. The van der Waals surface area contributed by atoms with E-state index >= 15 is 0 Å². The van der Waals surface area contributed by atoms with Gasteiger partial charge in [0, 0.05) is 19.3 Å². The summed E-state index contributed by atoms with van der Waals surface area (Å²) in [5.74, 6) is 0.702. The molecule has 0 saturated carbocycles. The van der Waals surface area contributed by atoms with E-state index in [2.05, 4.69) is 36.4 Å². The summed E-state index contributed by atoms with van der Waals surface area (Å²) in [6.45, 7) is 10.5. The minimum Gasteiger partial charge on any atom is -0.380 e. The van der Waals surface area contributed by atoms with Gasteiger partial charge in [0.25, 0.3) is 0 Å². The molecule has 98 valence electrons. The Morgan fingerprint density at radius 1 is 1.41 bits per heavy atom. The van der Waals surface area contributed by atoms with Gasteiger partial charge < -0.3 is 10.1 Å². The van der Waals surface area contributed by atoms with Crippen molar-refractivity contribution in [1.29, 1.82) is 0 Å². The Balaban J connectivity index is 2.12. The maximum atomic E-state index is 5.53. The Hall–Kier alpha value is -0.940. The molecule has 0 aliphatic rings. The van der Waals surface area contributed by atoms with Crippen molar-refractivity contribution in [2.24, 2.45) is 5.92 Å². The predicted octanol–water partition coefficient (Wildman–Crippen LogP) is 1.45. The molecule has 17 heavy (non-hydrogen) atoms. The van der Waals surface area contributed by atoms with E-state index in [1.54, 1.807) is 0 Å². The molecule has 0 aromatic carbocycles. The summed E-state index contributed by atoms with van der Waals surface area (Å²) in [4.78, 5) is 0. The van der Waals surface area contributed by atoms with Gasteiger partial charge in [-0.3, -0.25) is 0 Å². The lowest BCUT2D eigenvalue weighted by molar-refractivity contribution is 0.113. The van der Waals surface area contributed by atoms with E-state index in [4.69, 9.17) is 4.74 Å². The van der Waals surface area contributed by atoms with Crippen molar-refractivity contribution in [1.82, 2.24) is 20.3 Å². The topological polar surface area (TPSA) is 52.0 Å². The van der Waals surface area contributed by atoms with Gasteiger partial charge in [-0.25, -0.2) is 4.68 Å². The Morgan fingerprint density at radius 3 is 2.94 bits per heavy atom. The molecule has 0 aliphatic carbocycles. The van der Waals surface area contributed by atoms with Crippen LogP contribution in [0.25, 0.3) is 0 Å². The highest BCUT2D eigenvalue weighted by Crippen LogP contribution is 1.99. The lowest BCUT2D eigenvalue weighted by atomic mass is 10.1. The summed E-state index contributed by atoms with van der Waals surface area (Å²) in [7, 11) is 0. The van der Waals surface area contributed by atoms with Crippen LogP contribution in [0.15, 0.2) is 6.20 Å². The molecule has 5 heteroatoms. The van der Waals surface area contributed by atoms with Crippen LogP contribution in [0.4, 0.5) is 0 Å². The highest BCUT2D eigenvalue weighted by atomic mass is 16.5. The van der Waals surface area contributed by atoms with Gasteiger partial charge in [-0.15, -0.1) is 5.10 Å². The molecule has 0 atom stereocenters. The van der Waals surface area contributed by atoms with Crippen molar-refractivity contribution in [3.8, 4) is 0 Å². The smallest absolute Gasteiger partial charge is 0.0964 e. The van der Waals surface area contributed by atoms with E-state index in [1.165, 1.54) is 0 Å². The van der Waals surface area contributed by atoms with Gasteiger partial charge in [-0.05, 0) is 18.9 Å². The second-order valence-electron chi connectivity index (χ2n) is 4.55. The van der Waals surface area contributed by atoms with Crippen LogP contribution in [-0.2, 0) is 17.8 Å². The van der Waals surface area contributed by atoms with Crippen molar-refractivity contribution in [3.05, 3.63) is 11.9 Å². The molecule has 0 saturated heterocycles. The van der Waals surface area contributed by atoms with Gasteiger partial charge in [0.05, 0.1) is 18.8 Å². The van der Waals surface area contributed by atoms with Crippen LogP contribution in [-0.4, -0.2) is 34.8 Å². The van der Waals surface area contributed by atoms with Crippen LogP contribution in [0.1, 0.15) is 32.9 Å². The van der Waals surface area contributed by atoms with E-state index in [0.29, 0.717) is 12.5 Å². The van der Waals surface area contributed by atoms with Gasteiger partial charge in [-0.1, -0.05) is 26.0 Å². The number of ether oxygens (including phenoxy) is 1. The van der Waals surface area contributed by atoms with E-state index in [9.17, 15) is 0 Å². The van der Waals surface area contributed by atoms with E-state index in [1.807, 2.05) is 10.9 Å². The van der Waals surface area contributed by atoms with E-state index in [0.717, 1.165) is 38.4 Å². The second-order valence-corrected chi connectivity index (χ2v) is 4.55. The third-order valence-corrected chi connectivity index (χ3v) is 2.45. The maximum Gasteiger partial charge on any atom is 0.0964 e. The van der Waals surface area contributed by atoms with Crippen molar-refractivity contribution in [2.45, 2.75) is 40.3 Å². The molecule has 0 aliphatic heterocycles. The molecule has 1 heterocycles. The Kier molecular flexibility index (Phi) is 6.81. The van der Waals surface area contributed by atoms with Crippen molar-refractivity contribution >= 4 is 0 Å². The number of nitrogens with zero attached hydrogens (tertiary/aromatic N) is 3. The van der Waals surface area contributed by atoms with Crippen LogP contribution < -0.4 is 5.32 Å². The summed E-state index contributed by atoms with van der Waals surface area (Å²) in [6.07, 6.45) is 3.08. The first-order chi connectivity index (χ1) is 8.22. The summed E-state index contributed by atoms with van der Waals surface area (Å²) in [6, 6.07) is 0. The number of hydrogen-bond donors (Lipinski definition) is 1. The number of aromatic nitrogens is 3.